The number of imide groups is 1. The smallest absolute Gasteiger partial charge is 0.320 e. The Balaban J connectivity index is 1.99. The molecule has 0 bridgehead atoms. The van der Waals surface area contributed by atoms with Gasteiger partial charge in [0.15, 0.2) is 0 Å². The number of aryl methyl sites for hydroxylation is 1. The molecule has 0 radical (unpaired) electrons. The van der Waals surface area contributed by atoms with E-state index in [0.717, 1.165) is 18.4 Å². The monoisotopic (exact) mass is 308 g/mol. The van der Waals surface area contributed by atoms with Crippen molar-refractivity contribution in [3.8, 4) is 0 Å². The van der Waals surface area contributed by atoms with E-state index in [2.05, 4.69) is 0 Å². The number of amides is 3. The number of fused-ring (bicyclic) bond motifs is 1. The van der Waals surface area contributed by atoms with E-state index in [-0.39, 0.29) is 17.4 Å². The van der Waals surface area contributed by atoms with Gasteiger partial charge in [-0.2, -0.15) is 4.31 Å². The molecule has 21 heavy (non-hydrogen) atoms. The quantitative estimate of drug-likeness (QED) is 0.830. The lowest BCUT2D eigenvalue weighted by Gasteiger charge is -2.35. The summed E-state index contributed by atoms with van der Waals surface area (Å²) >= 11 is 0. The summed E-state index contributed by atoms with van der Waals surface area (Å²) in [6.07, 6.45) is 1.65. The Bertz CT molecular complexity index is 696. The maximum absolute atomic E-state index is 12.6. The molecule has 0 saturated carbocycles. The minimum atomic E-state index is -4.12. The fraction of sp³-hybridized carbons (Fsp3) is 0.429. The third-order valence-electron chi connectivity index (χ3n) is 3.99. The van der Waals surface area contributed by atoms with Crippen LogP contribution in [0.1, 0.15) is 24.8 Å². The predicted octanol–water partition coefficient (Wildman–Crippen LogP) is 1.50. The molecule has 2 saturated heterocycles. The molecule has 0 N–H and O–H groups in total. The Hall–Kier alpha value is -1.89. The molecule has 0 aliphatic carbocycles. The first-order valence-electron chi connectivity index (χ1n) is 6.86. The summed E-state index contributed by atoms with van der Waals surface area (Å²) in [7, 11) is -4.12. The van der Waals surface area contributed by atoms with E-state index < -0.39 is 22.0 Å². The zero-order valence-corrected chi connectivity index (χ0v) is 12.5. The van der Waals surface area contributed by atoms with Crippen LogP contribution in [0.5, 0.6) is 0 Å². The number of carbonyl (C=O) groups is 2. The summed E-state index contributed by atoms with van der Waals surface area (Å²) in [4.78, 5) is 25.9. The van der Waals surface area contributed by atoms with E-state index in [1.54, 1.807) is 12.1 Å². The van der Waals surface area contributed by atoms with Crippen LogP contribution >= 0.6 is 0 Å². The Labute approximate surface area is 123 Å². The van der Waals surface area contributed by atoms with Crippen molar-refractivity contribution < 1.29 is 18.0 Å². The number of carbonyl (C=O) groups excluding carboxylic acids is 2. The van der Waals surface area contributed by atoms with Gasteiger partial charge in [-0.3, -0.25) is 4.79 Å². The second kappa shape index (κ2) is 4.84. The van der Waals surface area contributed by atoms with Crippen LogP contribution in [0, 0.1) is 6.92 Å². The van der Waals surface area contributed by atoms with E-state index in [0.29, 0.717) is 10.8 Å². The average molecular weight is 308 g/mol. The molecule has 2 aliphatic rings. The van der Waals surface area contributed by atoms with E-state index in [9.17, 15) is 18.0 Å². The van der Waals surface area contributed by atoms with Crippen molar-refractivity contribution in [2.45, 2.75) is 37.1 Å². The summed E-state index contributed by atoms with van der Waals surface area (Å²) in [6.45, 7) is 2.35. The Morgan fingerprint density at radius 2 is 1.81 bits per heavy atom. The van der Waals surface area contributed by atoms with Gasteiger partial charge in [-0.1, -0.05) is 17.7 Å². The average Bonchev–Trinajstić information content (AvgIpc) is 2.87. The highest BCUT2D eigenvalue weighted by molar-refractivity contribution is 7.90. The first kappa shape index (κ1) is 14.1. The minimum Gasteiger partial charge on any atom is -0.320 e. The number of sulfonamides is 1. The number of benzene rings is 1. The van der Waals surface area contributed by atoms with Crippen LogP contribution in [0.25, 0.3) is 0 Å². The van der Waals surface area contributed by atoms with Gasteiger partial charge in [-0.05, 0) is 31.9 Å². The Kier molecular flexibility index (Phi) is 3.24. The van der Waals surface area contributed by atoms with Crippen molar-refractivity contribution in [1.29, 1.82) is 0 Å². The number of hydrogen-bond donors (Lipinski definition) is 0. The Morgan fingerprint density at radius 3 is 2.48 bits per heavy atom. The molecule has 6 nitrogen and oxygen atoms in total. The van der Waals surface area contributed by atoms with E-state index in [1.807, 2.05) is 6.92 Å². The number of urea groups is 1. The van der Waals surface area contributed by atoms with Crippen molar-refractivity contribution in [3.63, 3.8) is 0 Å². The second-order valence-electron chi connectivity index (χ2n) is 5.45. The van der Waals surface area contributed by atoms with Crippen LogP contribution in [0.2, 0.25) is 0 Å². The van der Waals surface area contributed by atoms with Crippen molar-refractivity contribution in [1.82, 2.24) is 9.21 Å². The molecule has 2 fully saturated rings. The summed E-state index contributed by atoms with van der Waals surface area (Å²) in [6, 6.07) is 5.26. The van der Waals surface area contributed by atoms with Crippen LogP contribution in [-0.2, 0) is 14.8 Å². The minimum absolute atomic E-state index is 0.0348. The number of rotatable bonds is 2. The standard InChI is InChI=1S/C14H16N2O4S/c1-10-4-6-12(7-5-10)21(19,20)16-13(17)9-11-3-2-8-15(11)14(16)18/h4-7,11H,2-3,8-9H2,1H3. The van der Waals surface area contributed by atoms with E-state index in [1.165, 1.54) is 17.0 Å². The molecule has 1 unspecified atom stereocenters. The van der Waals surface area contributed by atoms with E-state index >= 15 is 0 Å². The fourth-order valence-electron chi connectivity index (χ4n) is 2.86. The van der Waals surface area contributed by atoms with Gasteiger partial charge in [-0.25, -0.2) is 13.2 Å². The number of nitrogens with zero attached hydrogens (tertiary/aromatic N) is 2. The summed E-state index contributed by atoms with van der Waals surface area (Å²) in [5.74, 6) is -0.635. The van der Waals surface area contributed by atoms with Crippen LogP contribution < -0.4 is 0 Å². The SMILES string of the molecule is Cc1ccc(S(=O)(=O)N2C(=O)CC3CCCN3C2=O)cc1. The molecule has 1 aromatic rings. The lowest BCUT2D eigenvalue weighted by molar-refractivity contribution is -0.127. The molecule has 2 aliphatic heterocycles. The highest BCUT2D eigenvalue weighted by atomic mass is 32.2. The molecule has 1 aromatic carbocycles. The molecular formula is C14H16N2O4S. The van der Waals surface area contributed by atoms with Crippen molar-refractivity contribution in [2.75, 3.05) is 6.54 Å². The highest BCUT2D eigenvalue weighted by Crippen LogP contribution is 2.30. The third kappa shape index (κ3) is 2.21. The highest BCUT2D eigenvalue weighted by Gasteiger charge is 2.46. The third-order valence-corrected chi connectivity index (χ3v) is 5.70. The summed E-state index contributed by atoms with van der Waals surface area (Å²) in [5, 5.41) is 0. The van der Waals surface area contributed by atoms with Crippen molar-refractivity contribution in [3.05, 3.63) is 29.8 Å². The van der Waals surface area contributed by atoms with Crippen LogP contribution in [0.4, 0.5) is 4.79 Å². The van der Waals surface area contributed by atoms with Crippen LogP contribution in [0.15, 0.2) is 29.2 Å². The van der Waals surface area contributed by atoms with Gasteiger partial charge in [-0.15, -0.1) is 0 Å². The normalized spacial score (nSPS) is 22.6. The van der Waals surface area contributed by atoms with Gasteiger partial charge in [0.25, 0.3) is 10.0 Å². The first-order valence-corrected chi connectivity index (χ1v) is 8.31. The molecule has 0 spiro atoms. The molecular weight excluding hydrogens is 292 g/mol. The maximum atomic E-state index is 12.6. The zero-order chi connectivity index (χ0) is 15.2. The molecule has 1 atom stereocenters. The largest absolute Gasteiger partial charge is 0.341 e. The van der Waals surface area contributed by atoms with Gasteiger partial charge in [0, 0.05) is 19.0 Å². The lowest BCUT2D eigenvalue weighted by Crippen LogP contribution is -2.56. The topological polar surface area (TPSA) is 74.8 Å². The Morgan fingerprint density at radius 1 is 1.14 bits per heavy atom. The lowest BCUT2D eigenvalue weighted by atomic mass is 10.1. The van der Waals surface area contributed by atoms with Gasteiger partial charge in [0.1, 0.15) is 0 Å². The molecule has 3 amide bonds. The summed E-state index contributed by atoms with van der Waals surface area (Å²) in [5.41, 5.74) is 0.907. The first-order chi connectivity index (χ1) is 9.91. The van der Waals surface area contributed by atoms with Crippen molar-refractivity contribution >= 4 is 22.0 Å². The van der Waals surface area contributed by atoms with E-state index in [4.69, 9.17) is 0 Å². The van der Waals surface area contributed by atoms with Crippen LogP contribution in [-0.4, -0.2) is 42.1 Å². The fourth-order valence-corrected chi connectivity index (χ4v) is 4.20. The van der Waals surface area contributed by atoms with Gasteiger partial charge in [0.05, 0.1) is 4.90 Å². The predicted molar refractivity (Wildman–Crippen MR) is 75.0 cm³/mol. The number of hydrogen-bond acceptors (Lipinski definition) is 4. The van der Waals surface area contributed by atoms with Gasteiger partial charge < -0.3 is 4.90 Å². The van der Waals surface area contributed by atoms with Gasteiger partial charge >= 0.3 is 6.03 Å². The molecule has 7 heteroatoms. The molecule has 112 valence electrons. The maximum Gasteiger partial charge on any atom is 0.341 e. The van der Waals surface area contributed by atoms with Crippen molar-refractivity contribution in [2.24, 2.45) is 0 Å². The second-order valence-corrected chi connectivity index (χ2v) is 7.24. The summed E-state index contributed by atoms with van der Waals surface area (Å²) < 4.78 is 25.6. The molecule has 3 rings (SSSR count). The molecule has 0 aromatic heterocycles. The molecule has 2 heterocycles. The van der Waals surface area contributed by atoms with Crippen LogP contribution in [0.3, 0.4) is 0 Å². The zero-order valence-electron chi connectivity index (χ0n) is 11.7. The van der Waals surface area contributed by atoms with Gasteiger partial charge in [0.2, 0.25) is 5.91 Å².